The van der Waals surface area contributed by atoms with Gasteiger partial charge in [-0.1, -0.05) is 55.5 Å². The van der Waals surface area contributed by atoms with Crippen LogP contribution < -0.4 is 10.2 Å². The molecule has 0 bridgehead atoms. The molecule has 1 N–H and O–H groups in total. The summed E-state index contributed by atoms with van der Waals surface area (Å²) in [4.78, 5) is 29.6. The highest BCUT2D eigenvalue weighted by Crippen LogP contribution is 2.26. The molecule has 6 heteroatoms. The standard InChI is InChI=1S/C28H28N4O2/c1-2-26(21-9-4-3-5-10-21)27(33)30-24-13-15-25(16-14-24)32-18-8-17-31(28(32)34)20-23-12-7-6-11-22(23)19-29/h3-7,9-16,26H,2,8,17-18,20H2,1H3,(H,30,33)/t26-/m0/s1. The Labute approximate surface area is 200 Å². The zero-order valence-electron chi connectivity index (χ0n) is 19.3. The van der Waals surface area contributed by atoms with Gasteiger partial charge in [0.25, 0.3) is 0 Å². The molecule has 0 aliphatic carbocycles. The maximum atomic E-state index is 13.2. The van der Waals surface area contributed by atoms with Gasteiger partial charge in [-0.3, -0.25) is 9.69 Å². The highest BCUT2D eigenvalue weighted by molar-refractivity contribution is 5.97. The van der Waals surface area contributed by atoms with E-state index in [2.05, 4.69) is 11.4 Å². The van der Waals surface area contributed by atoms with Crippen LogP contribution in [0.15, 0.2) is 78.9 Å². The Morgan fingerprint density at radius 1 is 1.00 bits per heavy atom. The number of nitrogens with one attached hydrogen (secondary N) is 1. The lowest BCUT2D eigenvalue weighted by Crippen LogP contribution is -2.49. The average Bonchev–Trinajstić information content (AvgIpc) is 2.87. The van der Waals surface area contributed by atoms with Crippen LogP contribution in [-0.4, -0.2) is 29.9 Å². The third-order valence-corrected chi connectivity index (χ3v) is 6.18. The molecule has 3 aromatic rings. The van der Waals surface area contributed by atoms with Crippen LogP contribution in [0.3, 0.4) is 0 Å². The van der Waals surface area contributed by atoms with E-state index in [0.29, 0.717) is 37.3 Å². The molecule has 1 heterocycles. The summed E-state index contributed by atoms with van der Waals surface area (Å²) in [5, 5.41) is 12.4. The quantitative estimate of drug-likeness (QED) is 0.513. The minimum absolute atomic E-state index is 0.0437. The smallest absolute Gasteiger partial charge is 0.324 e. The van der Waals surface area contributed by atoms with Crippen LogP contribution in [0.2, 0.25) is 0 Å². The van der Waals surface area contributed by atoms with Crippen molar-refractivity contribution >= 4 is 23.3 Å². The van der Waals surface area contributed by atoms with E-state index in [0.717, 1.165) is 23.2 Å². The van der Waals surface area contributed by atoms with Crippen LogP contribution in [0.5, 0.6) is 0 Å². The fourth-order valence-electron chi connectivity index (χ4n) is 4.35. The van der Waals surface area contributed by atoms with Gasteiger partial charge in [0, 0.05) is 31.0 Å². The molecule has 1 atom stereocenters. The monoisotopic (exact) mass is 452 g/mol. The van der Waals surface area contributed by atoms with Gasteiger partial charge in [-0.15, -0.1) is 0 Å². The number of urea groups is 1. The van der Waals surface area contributed by atoms with Gasteiger partial charge in [-0.05, 0) is 54.3 Å². The highest BCUT2D eigenvalue weighted by atomic mass is 16.2. The second-order valence-corrected chi connectivity index (χ2v) is 8.39. The third-order valence-electron chi connectivity index (χ3n) is 6.18. The van der Waals surface area contributed by atoms with E-state index in [-0.39, 0.29) is 17.9 Å². The molecule has 3 aromatic carbocycles. The Kier molecular flexibility index (Phi) is 7.24. The minimum Gasteiger partial charge on any atom is -0.326 e. The first-order chi connectivity index (χ1) is 16.6. The normalized spacial score (nSPS) is 14.4. The predicted molar refractivity (Wildman–Crippen MR) is 133 cm³/mol. The molecule has 0 radical (unpaired) electrons. The summed E-state index contributed by atoms with van der Waals surface area (Å²) in [6, 6.07) is 26.7. The van der Waals surface area contributed by atoms with Crippen LogP contribution in [0, 0.1) is 11.3 Å². The molecule has 4 rings (SSSR count). The average molecular weight is 453 g/mol. The highest BCUT2D eigenvalue weighted by Gasteiger charge is 2.27. The number of hydrogen-bond acceptors (Lipinski definition) is 3. The van der Waals surface area contributed by atoms with Crippen molar-refractivity contribution in [2.75, 3.05) is 23.3 Å². The van der Waals surface area contributed by atoms with Crippen molar-refractivity contribution < 1.29 is 9.59 Å². The van der Waals surface area contributed by atoms with Gasteiger partial charge in [0.05, 0.1) is 17.6 Å². The van der Waals surface area contributed by atoms with Crippen molar-refractivity contribution in [3.63, 3.8) is 0 Å². The maximum Gasteiger partial charge on any atom is 0.324 e. The lowest BCUT2D eigenvalue weighted by Gasteiger charge is -2.36. The maximum absolute atomic E-state index is 13.2. The molecule has 1 saturated heterocycles. The number of rotatable bonds is 7. The summed E-state index contributed by atoms with van der Waals surface area (Å²) in [5.74, 6) is -0.257. The van der Waals surface area contributed by atoms with E-state index in [1.165, 1.54) is 0 Å². The van der Waals surface area contributed by atoms with Gasteiger partial charge >= 0.3 is 6.03 Å². The van der Waals surface area contributed by atoms with Gasteiger partial charge in [0.15, 0.2) is 0 Å². The van der Waals surface area contributed by atoms with Crippen molar-refractivity contribution in [1.29, 1.82) is 5.26 Å². The molecule has 0 aromatic heterocycles. The largest absolute Gasteiger partial charge is 0.326 e. The van der Waals surface area contributed by atoms with E-state index in [9.17, 15) is 14.9 Å². The first kappa shape index (κ1) is 23.1. The molecule has 34 heavy (non-hydrogen) atoms. The topological polar surface area (TPSA) is 76.4 Å². The van der Waals surface area contributed by atoms with Crippen LogP contribution in [-0.2, 0) is 11.3 Å². The SMILES string of the molecule is CC[C@H](C(=O)Nc1ccc(N2CCCN(Cc3ccccc3C#N)C2=O)cc1)c1ccccc1. The Hall–Kier alpha value is -4.11. The minimum atomic E-state index is -0.214. The number of nitrogens with zero attached hydrogens (tertiary/aromatic N) is 3. The molecular formula is C28H28N4O2. The van der Waals surface area contributed by atoms with Crippen LogP contribution in [0.4, 0.5) is 16.2 Å². The molecular weight excluding hydrogens is 424 g/mol. The molecule has 1 fully saturated rings. The summed E-state index contributed by atoms with van der Waals surface area (Å²) in [5.41, 5.74) is 3.93. The summed E-state index contributed by atoms with van der Waals surface area (Å²) < 4.78 is 0. The summed E-state index contributed by atoms with van der Waals surface area (Å²) in [6.45, 7) is 3.70. The van der Waals surface area contributed by atoms with Gasteiger partial charge in [-0.25, -0.2) is 4.79 Å². The van der Waals surface area contributed by atoms with E-state index in [1.807, 2.05) is 79.7 Å². The lowest BCUT2D eigenvalue weighted by molar-refractivity contribution is -0.117. The molecule has 0 spiro atoms. The first-order valence-corrected chi connectivity index (χ1v) is 11.6. The van der Waals surface area contributed by atoms with E-state index >= 15 is 0 Å². The molecule has 3 amide bonds. The molecule has 0 saturated carbocycles. The van der Waals surface area contributed by atoms with Crippen molar-refractivity contribution in [3.05, 3.63) is 95.6 Å². The third kappa shape index (κ3) is 5.10. The molecule has 172 valence electrons. The van der Waals surface area contributed by atoms with Crippen molar-refractivity contribution in [2.45, 2.75) is 32.2 Å². The fourth-order valence-corrected chi connectivity index (χ4v) is 4.35. The predicted octanol–water partition coefficient (Wildman–Crippen LogP) is 5.52. The van der Waals surface area contributed by atoms with E-state index < -0.39 is 0 Å². The summed E-state index contributed by atoms with van der Waals surface area (Å²) in [7, 11) is 0. The number of anilines is 2. The second-order valence-electron chi connectivity index (χ2n) is 8.39. The Bertz CT molecular complexity index is 1190. The molecule has 6 nitrogen and oxygen atoms in total. The fraction of sp³-hybridized carbons (Fsp3) is 0.250. The molecule has 0 unspecified atom stereocenters. The Balaban J connectivity index is 1.43. The van der Waals surface area contributed by atoms with Crippen molar-refractivity contribution in [2.24, 2.45) is 0 Å². The molecule has 1 aliphatic heterocycles. The number of hydrogen-bond donors (Lipinski definition) is 1. The lowest BCUT2D eigenvalue weighted by atomic mass is 9.95. The van der Waals surface area contributed by atoms with Crippen LogP contribution in [0.1, 0.15) is 42.4 Å². The van der Waals surface area contributed by atoms with E-state index in [4.69, 9.17) is 0 Å². The number of carbonyl (C=O) groups excluding carboxylic acids is 2. The van der Waals surface area contributed by atoms with Crippen molar-refractivity contribution in [3.8, 4) is 6.07 Å². The van der Waals surface area contributed by atoms with Gasteiger partial charge in [0.2, 0.25) is 5.91 Å². The number of benzene rings is 3. The number of nitriles is 1. The van der Waals surface area contributed by atoms with Gasteiger partial charge < -0.3 is 10.2 Å². The summed E-state index contributed by atoms with van der Waals surface area (Å²) in [6.07, 6.45) is 1.55. The zero-order chi connectivity index (χ0) is 23.9. The Morgan fingerprint density at radius 2 is 1.71 bits per heavy atom. The van der Waals surface area contributed by atoms with Crippen LogP contribution >= 0.6 is 0 Å². The van der Waals surface area contributed by atoms with Gasteiger partial charge in [-0.2, -0.15) is 5.26 Å². The first-order valence-electron chi connectivity index (χ1n) is 11.6. The van der Waals surface area contributed by atoms with Gasteiger partial charge in [0.1, 0.15) is 0 Å². The summed E-state index contributed by atoms with van der Waals surface area (Å²) >= 11 is 0. The van der Waals surface area contributed by atoms with Crippen molar-refractivity contribution in [1.82, 2.24) is 4.90 Å². The Morgan fingerprint density at radius 3 is 2.41 bits per heavy atom. The second kappa shape index (κ2) is 10.7. The van der Waals surface area contributed by atoms with E-state index in [1.54, 1.807) is 15.9 Å². The zero-order valence-corrected chi connectivity index (χ0v) is 19.3. The molecule has 1 aliphatic rings. The number of amides is 3. The van der Waals surface area contributed by atoms with Crippen LogP contribution in [0.25, 0.3) is 0 Å². The number of carbonyl (C=O) groups is 2.